The van der Waals surface area contributed by atoms with Crippen molar-refractivity contribution in [1.29, 1.82) is 0 Å². The highest BCUT2D eigenvalue weighted by atomic mass is 16.6. The highest BCUT2D eigenvalue weighted by Gasteiger charge is 2.30. The fourth-order valence-corrected chi connectivity index (χ4v) is 3.08. The summed E-state index contributed by atoms with van der Waals surface area (Å²) in [6, 6.07) is 16.7. The SMILES string of the molecule is CN1CC[C@H](Oc2ccc([N+](=O)[O-])cc2)[C@@H](c2ccccc2)C1. The number of likely N-dealkylation sites (N-methyl/N-ethyl adjacent to an activating group) is 1. The van der Waals surface area contributed by atoms with E-state index in [0.717, 1.165) is 19.5 Å². The zero-order valence-electron chi connectivity index (χ0n) is 13.1. The van der Waals surface area contributed by atoms with Crippen LogP contribution in [0.5, 0.6) is 5.75 Å². The molecule has 1 fully saturated rings. The lowest BCUT2D eigenvalue weighted by molar-refractivity contribution is -0.384. The molecular weight excluding hydrogens is 292 g/mol. The van der Waals surface area contributed by atoms with Crippen LogP contribution in [-0.4, -0.2) is 36.1 Å². The van der Waals surface area contributed by atoms with E-state index < -0.39 is 4.92 Å². The number of likely N-dealkylation sites (tertiary alicyclic amines) is 1. The molecule has 120 valence electrons. The summed E-state index contributed by atoms with van der Waals surface area (Å²) in [7, 11) is 2.12. The molecule has 1 aliphatic rings. The van der Waals surface area contributed by atoms with Crippen LogP contribution in [0.3, 0.4) is 0 Å². The normalized spacial score (nSPS) is 21.8. The third-order valence-electron chi connectivity index (χ3n) is 4.32. The highest BCUT2D eigenvalue weighted by molar-refractivity contribution is 5.36. The monoisotopic (exact) mass is 312 g/mol. The van der Waals surface area contributed by atoms with E-state index in [9.17, 15) is 10.1 Å². The number of ether oxygens (including phenoxy) is 1. The summed E-state index contributed by atoms with van der Waals surface area (Å²) in [4.78, 5) is 12.7. The van der Waals surface area contributed by atoms with E-state index in [0.29, 0.717) is 11.7 Å². The first-order valence-electron chi connectivity index (χ1n) is 7.78. The minimum Gasteiger partial charge on any atom is -0.490 e. The van der Waals surface area contributed by atoms with Crippen molar-refractivity contribution in [3.05, 3.63) is 70.3 Å². The number of benzene rings is 2. The van der Waals surface area contributed by atoms with Gasteiger partial charge in [-0.3, -0.25) is 10.1 Å². The van der Waals surface area contributed by atoms with Crippen LogP contribution in [0.4, 0.5) is 5.69 Å². The molecule has 0 N–H and O–H groups in total. The van der Waals surface area contributed by atoms with Gasteiger partial charge in [0.15, 0.2) is 0 Å². The first-order chi connectivity index (χ1) is 11.1. The summed E-state index contributed by atoms with van der Waals surface area (Å²) in [5.41, 5.74) is 1.35. The highest BCUT2D eigenvalue weighted by Crippen LogP contribution is 2.30. The van der Waals surface area contributed by atoms with E-state index in [1.165, 1.54) is 17.7 Å². The van der Waals surface area contributed by atoms with Gasteiger partial charge in [0, 0.05) is 31.1 Å². The van der Waals surface area contributed by atoms with Crippen LogP contribution < -0.4 is 4.74 Å². The average molecular weight is 312 g/mol. The summed E-state index contributed by atoms with van der Waals surface area (Å²) in [5, 5.41) is 10.7. The molecule has 0 saturated carbocycles. The fourth-order valence-electron chi connectivity index (χ4n) is 3.08. The Labute approximate surface area is 135 Å². The van der Waals surface area contributed by atoms with Gasteiger partial charge in [0.05, 0.1) is 4.92 Å². The van der Waals surface area contributed by atoms with Crippen LogP contribution in [0.15, 0.2) is 54.6 Å². The number of nitro groups is 1. The van der Waals surface area contributed by atoms with Gasteiger partial charge in [0.25, 0.3) is 5.69 Å². The number of non-ortho nitro benzene ring substituents is 1. The number of piperidine rings is 1. The Morgan fingerprint density at radius 1 is 1.13 bits per heavy atom. The number of hydrogen-bond acceptors (Lipinski definition) is 4. The molecule has 2 aromatic carbocycles. The van der Waals surface area contributed by atoms with Gasteiger partial charge in [-0.05, 0) is 31.2 Å². The Bertz CT molecular complexity index is 658. The van der Waals surface area contributed by atoms with Gasteiger partial charge in [-0.1, -0.05) is 30.3 Å². The Balaban J connectivity index is 1.77. The van der Waals surface area contributed by atoms with Crippen LogP contribution in [0, 0.1) is 10.1 Å². The summed E-state index contributed by atoms with van der Waals surface area (Å²) in [6.07, 6.45) is 1.02. The predicted molar refractivity (Wildman–Crippen MR) is 88.8 cm³/mol. The minimum absolute atomic E-state index is 0.0788. The van der Waals surface area contributed by atoms with Crippen LogP contribution in [0.1, 0.15) is 17.9 Å². The van der Waals surface area contributed by atoms with Crippen LogP contribution in [0.2, 0.25) is 0 Å². The molecule has 0 aromatic heterocycles. The third-order valence-corrected chi connectivity index (χ3v) is 4.32. The molecule has 0 bridgehead atoms. The molecule has 1 aliphatic heterocycles. The molecule has 2 atom stereocenters. The van der Waals surface area contributed by atoms with Crippen molar-refractivity contribution in [3.63, 3.8) is 0 Å². The molecule has 2 aromatic rings. The maximum Gasteiger partial charge on any atom is 0.269 e. The Kier molecular flexibility index (Phi) is 4.57. The van der Waals surface area contributed by atoms with Crippen LogP contribution in [0.25, 0.3) is 0 Å². The van der Waals surface area contributed by atoms with Gasteiger partial charge in [-0.15, -0.1) is 0 Å². The maximum absolute atomic E-state index is 10.7. The third kappa shape index (κ3) is 3.68. The van der Waals surface area contributed by atoms with Crippen LogP contribution >= 0.6 is 0 Å². The van der Waals surface area contributed by atoms with E-state index in [1.807, 2.05) is 18.2 Å². The molecule has 0 aliphatic carbocycles. The number of hydrogen-bond donors (Lipinski definition) is 0. The molecule has 5 nitrogen and oxygen atoms in total. The van der Waals surface area contributed by atoms with Crippen molar-refractivity contribution in [3.8, 4) is 5.75 Å². The fraction of sp³-hybridized carbons (Fsp3) is 0.333. The zero-order chi connectivity index (χ0) is 16.2. The molecule has 5 heteroatoms. The molecule has 0 amide bonds. The van der Waals surface area contributed by atoms with E-state index in [1.54, 1.807) is 12.1 Å². The van der Waals surface area contributed by atoms with Gasteiger partial charge in [0.2, 0.25) is 0 Å². The summed E-state index contributed by atoms with van der Waals surface area (Å²) < 4.78 is 6.16. The lowest BCUT2D eigenvalue weighted by atomic mass is 9.88. The second-order valence-corrected chi connectivity index (χ2v) is 5.98. The van der Waals surface area contributed by atoms with E-state index in [2.05, 4.69) is 24.1 Å². The van der Waals surface area contributed by atoms with Gasteiger partial charge in [-0.25, -0.2) is 0 Å². The number of nitro benzene ring substituents is 1. The first kappa shape index (κ1) is 15.5. The Morgan fingerprint density at radius 2 is 1.83 bits per heavy atom. The largest absolute Gasteiger partial charge is 0.490 e. The summed E-state index contributed by atoms with van der Waals surface area (Å²) in [6.45, 7) is 1.93. The molecule has 23 heavy (non-hydrogen) atoms. The zero-order valence-corrected chi connectivity index (χ0v) is 13.1. The van der Waals surface area contributed by atoms with Gasteiger partial charge in [0.1, 0.15) is 11.9 Å². The second-order valence-electron chi connectivity index (χ2n) is 5.98. The molecule has 0 unspecified atom stereocenters. The second kappa shape index (κ2) is 6.79. The quantitative estimate of drug-likeness (QED) is 0.641. The van der Waals surface area contributed by atoms with Crippen LogP contribution in [-0.2, 0) is 0 Å². The average Bonchev–Trinajstić information content (AvgIpc) is 2.58. The van der Waals surface area contributed by atoms with Gasteiger partial charge < -0.3 is 9.64 Å². The summed E-state index contributed by atoms with van der Waals surface area (Å²) >= 11 is 0. The van der Waals surface area contributed by atoms with E-state index in [4.69, 9.17) is 4.74 Å². The number of nitrogens with zero attached hydrogens (tertiary/aromatic N) is 2. The van der Waals surface area contributed by atoms with Gasteiger partial charge in [-0.2, -0.15) is 0 Å². The smallest absolute Gasteiger partial charge is 0.269 e. The molecular formula is C18H20N2O3. The Morgan fingerprint density at radius 3 is 2.48 bits per heavy atom. The predicted octanol–water partition coefficient (Wildman–Crippen LogP) is 3.46. The maximum atomic E-state index is 10.7. The number of rotatable bonds is 4. The van der Waals surface area contributed by atoms with Crippen molar-refractivity contribution in [2.75, 3.05) is 20.1 Å². The van der Waals surface area contributed by atoms with Gasteiger partial charge >= 0.3 is 0 Å². The van der Waals surface area contributed by atoms with Crippen molar-refractivity contribution < 1.29 is 9.66 Å². The van der Waals surface area contributed by atoms with Crippen molar-refractivity contribution in [1.82, 2.24) is 4.90 Å². The molecule has 0 spiro atoms. The lowest BCUT2D eigenvalue weighted by Crippen LogP contribution is -2.42. The van der Waals surface area contributed by atoms with Crippen molar-refractivity contribution in [2.24, 2.45) is 0 Å². The molecule has 1 heterocycles. The van der Waals surface area contributed by atoms with E-state index in [-0.39, 0.29) is 11.8 Å². The molecule has 0 radical (unpaired) electrons. The summed E-state index contributed by atoms with van der Waals surface area (Å²) in [5.74, 6) is 0.983. The Hall–Kier alpha value is -2.40. The lowest BCUT2D eigenvalue weighted by Gasteiger charge is -2.37. The van der Waals surface area contributed by atoms with E-state index >= 15 is 0 Å². The standard InChI is InChI=1S/C18H20N2O3/c1-19-12-11-18(17(13-19)14-5-3-2-4-6-14)23-16-9-7-15(8-10-16)20(21)22/h2-10,17-18H,11-13H2,1H3/t17-,18+/m1/s1. The van der Waals surface area contributed by atoms with Crippen molar-refractivity contribution >= 4 is 5.69 Å². The minimum atomic E-state index is -0.397. The first-order valence-corrected chi connectivity index (χ1v) is 7.78. The molecule has 1 saturated heterocycles. The molecule has 3 rings (SSSR count). The topological polar surface area (TPSA) is 55.6 Å². The van der Waals surface area contributed by atoms with Crippen molar-refractivity contribution in [2.45, 2.75) is 18.4 Å².